The van der Waals surface area contributed by atoms with E-state index in [0.717, 1.165) is 57.4 Å². The van der Waals surface area contributed by atoms with Crippen molar-refractivity contribution in [3.63, 3.8) is 0 Å². The fraction of sp³-hybridized carbons (Fsp3) is 0.700. The maximum Gasteiger partial charge on any atom is 0.254 e. The molecule has 1 atom stereocenters. The molecule has 0 unspecified atom stereocenters. The summed E-state index contributed by atoms with van der Waals surface area (Å²) in [6.07, 6.45) is 6.78. The standard InChI is InChI=1S/C20H31N5O2/c1-4-24(5-2)18(26)13-25-11-7-6-8-17(25)19-16(12-21-14(3)22-19)20(27)23-15-9-10-15/h12,15,17H,4-11,13H2,1-3H3,(H,23,27)/t17-/m0/s1. The van der Waals surface area contributed by atoms with Gasteiger partial charge in [0.25, 0.3) is 5.91 Å². The predicted octanol–water partition coefficient (Wildman–Crippen LogP) is 2.07. The molecule has 0 spiro atoms. The summed E-state index contributed by atoms with van der Waals surface area (Å²) in [4.78, 5) is 38.3. The fourth-order valence-corrected chi connectivity index (χ4v) is 3.75. The molecule has 1 saturated heterocycles. The number of carbonyl (C=O) groups excluding carboxylic acids is 2. The van der Waals surface area contributed by atoms with E-state index in [1.165, 1.54) is 0 Å². The molecule has 148 valence electrons. The van der Waals surface area contributed by atoms with E-state index in [1.807, 2.05) is 25.7 Å². The number of likely N-dealkylation sites (tertiary alicyclic amines) is 1. The van der Waals surface area contributed by atoms with Gasteiger partial charge in [-0.2, -0.15) is 0 Å². The quantitative estimate of drug-likeness (QED) is 0.792. The minimum atomic E-state index is -0.0897. The third-order valence-corrected chi connectivity index (χ3v) is 5.48. The molecule has 3 rings (SSSR count). The van der Waals surface area contributed by atoms with Gasteiger partial charge in [-0.05, 0) is 53.0 Å². The summed E-state index contributed by atoms with van der Waals surface area (Å²) in [5.74, 6) is 0.711. The summed E-state index contributed by atoms with van der Waals surface area (Å²) in [5.41, 5.74) is 1.33. The van der Waals surface area contributed by atoms with Crippen LogP contribution in [0, 0.1) is 6.92 Å². The van der Waals surface area contributed by atoms with E-state index in [0.29, 0.717) is 24.0 Å². The number of nitrogens with one attached hydrogen (secondary N) is 1. The third-order valence-electron chi connectivity index (χ3n) is 5.48. The molecular weight excluding hydrogens is 342 g/mol. The fourth-order valence-electron chi connectivity index (χ4n) is 3.75. The average Bonchev–Trinajstić information content (AvgIpc) is 3.47. The van der Waals surface area contributed by atoms with Crippen LogP contribution >= 0.6 is 0 Å². The maximum absolute atomic E-state index is 12.7. The van der Waals surface area contributed by atoms with Crippen LogP contribution in [0.4, 0.5) is 0 Å². The van der Waals surface area contributed by atoms with Crippen LogP contribution in [0.25, 0.3) is 0 Å². The third kappa shape index (κ3) is 4.83. The molecule has 0 radical (unpaired) electrons. The molecule has 1 aliphatic carbocycles. The number of piperidine rings is 1. The van der Waals surface area contributed by atoms with Crippen LogP contribution in [0.1, 0.15) is 73.9 Å². The molecule has 27 heavy (non-hydrogen) atoms. The van der Waals surface area contributed by atoms with Crippen molar-refractivity contribution in [1.82, 2.24) is 25.1 Å². The molecule has 7 nitrogen and oxygen atoms in total. The van der Waals surface area contributed by atoms with Crippen LogP contribution in [0.2, 0.25) is 0 Å². The number of aromatic nitrogens is 2. The van der Waals surface area contributed by atoms with Gasteiger partial charge in [0.2, 0.25) is 5.91 Å². The molecule has 2 heterocycles. The minimum Gasteiger partial charge on any atom is -0.349 e. The van der Waals surface area contributed by atoms with E-state index in [1.54, 1.807) is 6.20 Å². The highest BCUT2D eigenvalue weighted by atomic mass is 16.2. The average molecular weight is 374 g/mol. The Morgan fingerprint density at radius 3 is 2.63 bits per heavy atom. The van der Waals surface area contributed by atoms with Crippen LogP contribution in [0.15, 0.2) is 6.20 Å². The Bertz CT molecular complexity index is 685. The van der Waals surface area contributed by atoms with Gasteiger partial charge in [0, 0.05) is 25.3 Å². The second kappa shape index (κ2) is 8.78. The van der Waals surface area contributed by atoms with Crippen molar-refractivity contribution in [3.8, 4) is 0 Å². The second-order valence-corrected chi connectivity index (χ2v) is 7.51. The van der Waals surface area contributed by atoms with Gasteiger partial charge in [-0.3, -0.25) is 14.5 Å². The molecule has 2 fully saturated rings. The summed E-state index contributed by atoms with van der Waals surface area (Å²) >= 11 is 0. The van der Waals surface area contributed by atoms with Gasteiger partial charge in [-0.1, -0.05) is 6.42 Å². The molecule has 1 aromatic rings. The number of amides is 2. The lowest BCUT2D eigenvalue weighted by molar-refractivity contribution is -0.133. The SMILES string of the molecule is CCN(CC)C(=O)CN1CCCC[C@H]1c1nc(C)ncc1C(=O)NC1CC1. The summed E-state index contributed by atoms with van der Waals surface area (Å²) in [6.45, 7) is 8.52. The normalized spacial score (nSPS) is 20.3. The highest BCUT2D eigenvalue weighted by Gasteiger charge is 2.32. The Morgan fingerprint density at radius 1 is 1.22 bits per heavy atom. The molecule has 0 bridgehead atoms. The van der Waals surface area contributed by atoms with Crippen molar-refractivity contribution in [2.24, 2.45) is 0 Å². The van der Waals surface area contributed by atoms with Crippen molar-refractivity contribution in [1.29, 1.82) is 0 Å². The van der Waals surface area contributed by atoms with E-state index in [4.69, 9.17) is 0 Å². The van der Waals surface area contributed by atoms with Crippen LogP contribution in [-0.4, -0.2) is 63.8 Å². The Hall–Kier alpha value is -2.02. The molecule has 1 N–H and O–H groups in total. The van der Waals surface area contributed by atoms with Gasteiger partial charge in [0.1, 0.15) is 5.82 Å². The van der Waals surface area contributed by atoms with Crippen LogP contribution in [0.5, 0.6) is 0 Å². The number of aryl methyl sites for hydroxylation is 1. The minimum absolute atomic E-state index is 0.0140. The highest BCUT2D eigenvalue weighted by molar-refractivity contribution is 5.95. The molecule has 0 aromatic carbocycles. The van der Waals surface area contributed by atoms with Gasteiger partial charge < -0.3 is 10.2 Å². The van der Waals surface area contributed by atoms with Crippen molar-refractivity contribution >= 4 is 11.8 Å². The number of nitrogens with zero attached hydrogens (tertiary/aromatic N) is 4. The number of likely N-dealkylation sites (N-methyl/N-ethyl adjacent to an activating group) is 1. The van der Waals surface area contributed by atoms with E-state index >= 15 is 0 Å². The number of carbonyl (C=O) groups is 2. The summed E-state index contributed by atoms with van der Waals surface area (Å²) in [7, 11) is 0. The van der Waals surface area contributed by atoms with E-state index in [2.05, 4.69) is 20.2 Å². The van der Waals surface area contributed by atoms with Crippen LogP contribution < -0.4 is 5.32 Å². The van der Waals surface area contributed by atoms with E-state index in [-0.39, 0.29) is 17.9 Å². The Balaban J connectivity index is 1.84. The molecule has 2 amide bonds. The number of hydrogen-bond donors (Lipinski definition) is 1. The monoisotopic (exact) mass is 373 g/mol. The van der Waals surface area contributed by atoms with Gasteiger partial charge in [0.05, 0.1) is 23.8 Å². The first-order valence-electron chi connectivity index (χ1n) is 10.2. The van der Waals surface area contributed by atoms with Crippen LogP contribution in [-0.2, 0) is 4.79 Å². The highest BCUT2D eigenvalue weighted by Crippen LogP contribution is 2.32. The zero-order chi connectivity index (χ0) is 19.4. The Kier molecular flexibility index (Phi) is 6.42. The lowest BCUT2D eigenvalue weighted by Gasteiger charge is -2.36. The topological polar surface area (TPSA) is 78.4 Å². The van der Waals surface area contributed by atoms with E-state index in [9.17, 15) is 9.59 Å². The molecule has 2 aliphatic rings. The molecule has 1 saturated carbocycles. The molecule has 7 heteroatoms. The van der Waals surface area contributed by atoms with Gasteiger partial charge in [-0.25, -0.2) is 9.97 Å². The molecular formula is C20H31N5O2. The Morgan fingerprint density at radius 2 is 1.96 bits per heavy atom. The second-order valence-electron chi connectivity index (χ2n) is 7.51. The van der Waals surface area contributed by atoms with Gasteiger partial charge >= 0.3 is 0 Å². The first-order valence-corrected chi connectivity index (χ1v) is 10.2. The lowest BCUT2D eigenvalue weighted by atomic mass is 9.96. The first kappa shape index (κ1) is 19.7. The molecule has 1 aliphatic heterocycles. The van der Waals surface area contributed by atoms with Crippen molar-refractivity contribution in [2.45, 2.75) is 65.0 Å². The Labute approximate surface area is 161 Å². The largest absolute Gasteiger partial charge is 0.349 e. The molecule has 1 aromatic heterocycles. The summed E-state index contributed by atoms with van der Waals surface area (Å²) in [6, 6.07) is 0.276. The van der Waals surface area contributed by atoms with Crippen LogP contribution in [0.3, 0.4) is 0 Å². The first-order chi connectivity index (χ1) is 13.0. The van der Waals surface area contributed by atoms with Gasteiger partial charge in [-0.15, -0.1) is 0 Å². The van der Waals surface area contributed by atoms with Crippen molar-refractivity contribution in [2.75, 3.05) is 26.2 Å². The smallest absolute Gasteiger partial charge is 0.254 e. The summed E-state index contributed by atoms with van der Waals surface area (Å²) in [5, 5.41) is 3.05. The summed E-state index contributed by atoms with van der Waals surface area (Å²) < 4.78 is 0. The number of hydrogen-bond acceptors (Lipinski definition) is 5. The van der Waals surface area contributed by atoms with Gasteiger partial charge in [0.15, 0.2) is 0 Å². The lowest BCUT2D eigenvalue weighted by Crippen LogP contribution is -2.44. The zero-order valence-corrected chi connectivity index (χ0v) is 16.7. The van der Waals surface area contributed by atoms with E-state index < -0.39 is 0 Å². The zero-order valence-electron chi connectivity index (χ0n) is 16.7. The maximum atomic E-state index is 12.7. The predicted molar refractivity (Wildman–Crippen MR) is 103 cm³/mol. The van der Waals surface area contributed by atoms with Crippen molar-refractivity contribution in [3.05, 3.63) is 23.3 Å². The van der Waals surface area contributed by atoms with Crippen molar-refractivity contribution < 1.29 is 9.59 Å². The number of rotatable bonds is 7.